The van der Waals surface area contributed by atoms with Gasteiger partial charge in [0.25, 0.3) is 5.91 Å². The molecule has 0 aliphatic carbocycles. The predicted octanol–water partition coefficient (Wildman–Crippen LogP) is 3.72. The third-order valence-electron chi connectivity index (χ3n) is 3.54. The van der Waals surface area contributed by atoms with Gasteiger partial charge in [-0.2, -0.15) is 0 Å². The smallest absolute Gasteiger partial charge is 0.251 e. The molecule has 1 aliphatic heterocycles. The molecule has 22 heavy (non-hydrogen) atoms. The van der Waals surface area contributed by atoms with Crippen LogP contribution >= 0.6 is 11.3 Å². The van der Waals surface area contributed by atoms with E-state index in [9.17, 15) is 13.6 Å². The van der Waals surface area contributed by atoms with E-state index in [-0.39, 0.29) is 5.91 Å². The molecule has 2 aromatic rings. The highest BCUT2D eigenvalue weighted by atomic mass is 32.1. The van der Waals surface area contributed by atoms with Gasteiger partial charge in [0.05, 0.1) is 16.4 Å². The molecule has 0 unspecified atom stereocenters. The summed E-state index contributed by atoms with van der Waals surface area (Å²) in [5.74, 6) is -1.56. The number of benzene rings is 1. The molecule has 3 rings (SSSR count). The Hall–Kier alpha value is -2.08. The summed E-state index contributed by atoms with van der Waals surface area (Å²) in [7, 11) is 0. The van der Waals surface area contributed by atoms with Gasteiger partial charge in [-0.15, -0.1) is 11.3 Å². The van der Waals surface area contributed by atoms with Crippen LogP contribution in [0.1, 0.15) is 22.7 Å². The van der Waals surface area contributed by atoms with E-state index in [1.54, 1.807) is 6.08 Å². The molecule has 2 heterocycles. The fourth-order valence-corrected chi connectivity index (χ4v) is 3.13. The van der Waals surface area contributed by atoms with Crippen LogP contribution in [0.5, 0.6) is 0 Å². The van der Waals surface area contributed by atoms with Crippen LogP contribution in [-0.4, -0.2) is 17.4 Å². The number of nitrogens with zero attached hydrogens (tertiary/aromatic N) is 2. The summed E-state index contributed by atoms with van der Waals surface area (Å²) in [5.41, 5.74) is 1.44. The minimum atomic E-state index is -0.671. The molecule has 0 fully saturated rings. The molecule has 1 aromatic carbocycles. The molecule has 1 amide bonds. The van der Waals surface area contributed by atoms with E-state index in [0.717, 1.165) is 11.1 Å². The zero-order valence-electron chi connectivity index (χ0n) is 12.0. The van der Waals surface area contributed by atoms with Gasteiger partial charge >= 0.3 is 0 Å². The fraction of sp³-hybridized carbons (Fsp3) is 0.250. The Morgan fingerprint density at radius 2 is 2.23 bits per heavy atom. The minimum absolute atomic E-state index is 0.295. The van der Waals surface area contributed by atoms with Crippen LogP contribution in [0.25, 0.3) is 6.08 Å². The van der Waals surface area contributed by atoms with Gasteiger partial charge in [-0.05, 0) is 31.9 Å². The van der Waals surface area contributed by atoms with Gasteiger partial charge in [0.1, 0.15) is 11.6 Å². The van der Waals surface area contributed by atoms with Crippen LogP contribution in [-0.2, 0) is 11.2 Å². The Morgan fingerprint density at radius 3 is 2.95 bits per heavy atom. The Morgan fingerprint density at radius 1 is 1.41 bits per heavy atom. The number of rotatable bonds is 2. The number of hydrogen-bond donors (Lipinski definition) is 0. The van der Waals surface area contributed by atoms with Crippen molar-refractivity contribution >= 4 is 29.0 Å². The Balaban J connectivity index is 1.87. The average molecular weight is 320 g/mol. The second kappa shape index (κ2) is 5.96. The van der Waals surface area contributed by atoms with Crippen LogP contribution in [0.3, 0.4) is 0 Å². The van der Waals surface area contributed by atoms with Crippen LogP contribution in [0, 0.1) is 18.6 Å². The van der Waals surface area contributed by atoms with Crippen LogP contribution in [0.15, 0.2) is 23.6 Å². The lowest BCUT2D eigenvalue weighted by Crippen LogP contribution is -2.34. The molecule has 0 bridgehead atoms. The van der Waals surface area contributed by atoms with Gasteiger partial charge in [-0.3, -0.25) is 4.79 Å². The number of thiazole rings is 1. The number of carbonyl (C=O) groups excluding carboxylic acids is 1. The van der Waals surface area contributed by atoms with Crippen molar-refractivity contribution in [1.82, 2.24) is 4.98 Å². The normalized spacial score (nSPS) is 14.4. The van der Waals surface area contributed by atoms with Gasteiger partial charge in [0.15, 0.2) is 0 Å². The molecule has 1 aliphatic rings. The Bertz CT molecular complexity index is 755. The van der Waals surface area contributed by atoms with E-state index in [1.807, 2.05) is 12.3 Å². The summed E-state index contributed by atoms with van der Waals surface area (Å²) in [4.78, 5) is 18.0. The number of halogens is 2. The SMILES string of the molecule is Cc1nc(/C=C/C(=O)N2CCCc3c(F)cc(F)cc32)cs1. The number of carbonyl (C=O) groups is 1. The van der Waals surface area contributed by atoms with Crippen molar-refractivity contribution in [3.05, 3.63) is 51.5 Å². The maximum atomic E-state index is 13.8. The van der Waals surface area contributed by atoms with Crippen LogP contribution in [0.2, 0.25) is 0 Å². The summed E-state index contributed by atoms with van der Waals surface area (Å²) in [6.45, 7) is 2.34. The van der Waals surface area contributed by atoms with Gasteiger partial charge in [-0.25, -0.2) is 13.8 Å². The molecule has 6 heteroatoms. The van der Waals surface area contributed by atoms with Crippen molar-refractivity contribution in [2.75, 3.05) is 11.4 Å². The molecule has 0 radical (unpaired) electrons. The van der Waals surface area contributed by atoms with Crippen LogP contribution in [0.4, 0.5) is 14.5 Å². The molecule has 3 nitrogen and oxygen atoms in total. The number of aryl methyl sites for hydroxylation is 1. The summed E-state index contributed by atoms with van der Waals surface area (Å²) in [6, 6.07) is 2.08. The molecular weight excluding hydrogens is 306 g/mol. The zero-order valence-corrected chi connectivity index (χ0v) is 12.8. The summed E-state index contributed by atoms with van der Waals surface area (Å²) < 4.78 is 27.3. The van der Waals surface area contributed by atoms with Crippen LogP contribution < -0.4 is 4.90 Å². The topological polar surface area (TPSA) is 33.2 Å². The van der Waals surface area contributed by atoms with Crippen molar-refractivity contribution in [3.63, 3.8) is 0 Å². The molecule has 0 saturated carbocycles. The first-order chi connectivity index (χ1) is 10.5. The van der Waals surface area contributed by atoms with E-state index in [0.29, 0.717) is 36.3 Å². The summed E-state index contributed by atoms with van der Waals surface area (Å²) in [5, 5.41) is 2.77. The van der Waals surface area contributed by atoms with Crippen molar-refractivity contribution in [1.29, 1.82) is 0 Å². The first-order valence-electron chi connectivity index (χ1n) is 6.94. The maximum absolute atomic E-state index is 13.8. The van der Waals surface area contributed by atoms with Crippen molar-refractivity contribution in [3.8, 4) is 0 Å². The van der Waals surface area contributed by atoms with Gasteiger partial charge < -0.3 is 4.90 Å². The van der Waals surface area contributed by atoms with E-state index < -0.39 is 11.6 Å². The third kappa shape index (κ3) is 2.92. The lowest BCUT2D eigenvalue weighted by molar-refractivity contribution is -0.114. The quantitative estimate of drug-likeness (QED) is 0.790. The van der Waals surface area contributed by atoms with Crippen molar-refractivity contribution in [2.24, 2.45) is 0 Å². The number of anilines is 1. The predicted molar refractivity (Wildman–Crippen MR) is 82.9 cm³/mol. The largest absolute Gasteiger partial charge is 0.308 e. The third-order valence-corrected chi connectivity index (χ3v) is 4.33. The first-order valence-corrected chi connectivity index (χ1v) is 7.82. The minimum Gasteiger partial charge on any atom is -0.308 e. The number of aromatic nitrogens is 1. The van der Waals surface area contributed by atoms with Gasteiger partial charge in [-0.1, -0.05) is 0 Å². The molecular formula is C16H14F2N2OS. The average Bonchev–Trinajstić information content (AvgIpc) is 2.90. The fourth-order valence-electron chi connectivity index (χ4n) is 2.54. The number of fused-ring (bicyclic) bond motifs is 1. The molecule has 0 spiro atoms. The van der Waals surface area contributed by atoms with Crippen molar-refractivity contribution in [2.45, 2.75) is 19.8 Å². The number of amides is 1. The Kier molecular flexibility index (Phi) is 4.02. The lowest BCUT2D eigenvalue weighted by Gasteiger charge is -2.28. The highest BCUT2D eigenvalue weighted by Gasteiger charge is 2.24. The van der Waals surface area contributed by atoms with Gasteiger partial charge in [0, 0.05) is 29.6 Å². The Labute approximate surface area is 130 Å². The summed E-state index contributed by atoms with van der Waals surface area (Å²) in [6.07, 6.45) is 4.19. The highest BCUT2D eigenvalue weighted by Crippen LogP contribution is 2.30. The zero-order chi connectivity index (χ0) is 15.7. The maximum Gasteiger partial charge on any atom is 0.251 e. The monoisotopic (exact) mass is 320 g/mol. The molecule has 0 atom stereocenters. The number of hydrogen-bond acceptors (Lipinski definition) is 3. The first kappa shape index (κ1) is 14.8. The second-order valence-electron chi connectivity index (χ2n) is 5.10. The van der Waals surface area contributed by atoms with E-state index in [4.69, 9.17) is 0 Å². The molecule has 0 N–H and O–H groups in total. The lowest BCUT2D eigenvalue weighted by atomic mass is 10.0. The van der Waals surface area contributed by atoms with E-state index >= 15 is 0 Å². The molecule has 1 aromatic heterocycles. The van der Waals surface area contributed by atoms with Crippen molar-refractivity contribution < 1.29 is 13.6 Å². The molecule has 114 valence electrons. The molecule has 0 saturated heterocycles. The van der Waals surface area contributed by atoms with Gasteiger partial charge in [0.2, 0.25) is 0 Å². The standard InChI is InChI=1S/C16H14F2N2OS/c1-10-19-12(9-22-10)4-5-16(21)20-6-2-3-13-14(18)7-11(17)8-15(13)20/h4-5,7-9H,2-3,6H2,1H3/b5-4+. The highest BCUT2D eigenvalue weighted by molar-refractivity contribution is 7.09. The van der Waals surface area contributed by atoms with E-state index in [2.05, 4.69) is 4.98 Å². The summed E-state index contributed by atoms with van der Waals surface area (Å²) >= 11 is 1.50. The second-order valence-corrected chi connectivity index (χ2v) is 6.17. The van der Waals surface area contributed by atoms with E-state index in [1.165, 1.54) is 28.4 Å².